The Kier molecular flexibility index (Phi) is 5.08. The fourth-order valence-corrected chi connectivity index (χ4v) is 7.63. The lowest BCUT2D eigenvalue weighted by Gasteiger charge is -2.57. The Morgan fingerprint density at radius 3 is 2.12 bits per heavy atom. The van der Waals surface area contributed by atoms with Gasteiger partial charge in [0.1, 0.15) is 6.04 Å². The van der Waals surface area contributed by atoms with Gasteiger partial charge in [0.2, 0.25) is 11.8 Å². The molecule has 34 heavy (non-hydrogen) atoms. The summed E-state index contributed by atoms with van der Waals surface area (Å²) in [7, 11) is 0. The van der Waals surface area contributed by atoms with E-state index in [1.165, 1.54) is 24.2 Å². The van der Waals surface area contributed by atoms with Gasteiger partial charge in [0.15, 0.2) is 0 Å². The molecule has 0 aromatic heterocycles. The second-order valence-electron chi connectivity index (χ2n) is 11.2. The molecule has 3 amide bonds. The molecule has 6 fully saturated rings. The van der Waals surface area contributed by atoms with Gasteiger partial charge in [-0.15, -0.1) is 0 Å². The third-order valence-corrected chi connectivity index (χ3v) is 8.76. The number of hydrogen-bond acceptors (Lipinski definition) is 5. The Hall–Kier alpha value is -2.70. The summed E-state index contributed by atoms with van der Waals surface area (Å²) in [5.41, 5.74) is 0.483. The summed E-state index contributed by atoms with van der Waals surface area (Å²) in [6.45, 7) is 2.02. The molecule has 1 saturated heterocycles. The second-order valence-corrected chi connectivity index (χ2v) is 11.2. The molecule has 1 aliphatic heterocycles. The van der Waals surface area contributed by atoms with Crippen LogP contribution < -0.4 is 4.90 Å². The number of rotatable bonds is 6. The van der Waals surface area contributed by atoms with Crippen molar-refractivity contribution in [3.05, 3.63) is 29.8 Å². The van der Waals surface area contributed by atoms with Gasteiger partial charge in [0.25, 0.3) is 5.91 Å². The maximum atomic E-state index is 14.1. The minimum absolute atomic E-state index is 0.0348. The smallest absolute Gasteiger partial charge is 0.338 e. The fourth-order valence-electron chi connectivity index (χ4n) is 7.63. The van der Waals surface area contributed by atoms with Crippen molar-refractivity contribution in [3.63, 3.8) is 0 Å². The summed E-state index contributed by atoms with van der Waals surface area (Å²) in [4.78, 5) is 55.7. The predicted molar refractivity (Wildman–Crippen MR) is 124 cm³/mol. The van der Waals surface area contributed by atoms with Crippen LogP contribution in [0.15, 0.2) is 24.3 Å². The third-order valence-electron chi connectivity index (χ3n) is 8.76. The highest BCUT2D eigenvalue weighted by Gasteiger charge is 2.59. The Balaban J connectivity index is 1.25. The molecule has 6 aliphatic rings. The molecule has 5 saturated carbocycles. The first-order valence-corrected chi connectivity index (χ1v) is 12.9. The normalized spacial score (nSPS) is 34.0. The number of carbonyl (C=O) groups is 4. The van der Waals surface area contributed by atoms with Gasteiger partial charge in [0, 0.05) is 6.04 Å². The molecule has 1 atom stereocenters. The first-order valence-electron chi connectivity index (χ1n) is 12.9. The summed E-state index contributed by atoms with van der Waals surface area (Å²) < 4.78 is 5.01. The minimum Gasteiger partial charge on any atom is -0.462 e. The number of carbonyl (C=O) groups excluding carboxylic acids is 4. The van der Waals surface area contributed by atoms with E-state index in [1.54, 1.807) is 31.2 Å². The van der Waals surface area contributed by atoms with Gasteiger partial charge in [0.05, 0.1) is 29.7 Å². The number of ether oxygens (including phenoxy) is 1. The van der Waals surface area contributed by atoms with Gasteiger partial charge in [-0.3, -0.25) is 14.4 Å². The van der Waals surface area contributed by atoms with E-state index >= 15 is 0 Å². The lowest BCUT2D eigenvalue weighted by molar-refractivity contribution is -0.162. The van der Waals surface area contributed by atoms with Crippen LogP contribution in [0.25, 0.3) is 0 Å². The molecule has 1 heterocycles. The SMILES string of the molecule is CCOC(=O)c1ccc(N2C(=O)CC(N(C(=O)C34CC5CC(CC(C5)C3)C4)C3CC3)C2=O)cc1. The second kappa shape index (κ2) is 7.92. The summed E-state index contributed by atoms with van der Waals surface area (Å²) >= 11 is 0. The number of amides is 3. The fraction of sp³-hybridized carbons (Fsp3) is 0.630. The van der Waals surface area contributed by atoms with Gasteiger partial charge < -0.3 is 9.64 Å². The number of hydrogen-bond donors (Lipinski definition) is 0. The van der Waals surface area contributed by atoms with E-state index < -0.39 is 12.0 Å². The molecule has 7 rings (SSSR count). The molecular formula is C27H32N2O5. The van der Waals surface area contributed by atoms with Crippen molar-refractivity contribution in [2.45, 2.75) is 76.8 Å². The van der Waals surface area contributed by atoms with E-state index in [0.29, 0.717) is 29.0 Å². The molecule has 1 unspecified atom stereocenters. The highest BCUT2D eigenvalue weighted by Crippen LogP contribution is 2.61. The monoisotopic (exact) mass is 464 g/mol. The van der Waals surface area contributed by atoms with Gasteiger partial charge in [-0.05, 0) is 100 Å². The van der Waals surface area contributed by atoms with Crippen molar-refractivity contribution in [3.8, 4) is 0 Å². The number of esters is 1. The van der Waals surface area contributed by atoms with Crippen LogP contribution in [0.1, 0.15) is 75.1 Å². The zero-order chi connectivity index (χ0) is 23.6. The number of nitrogens with zero attached hydrogens (tertiary/aromatic N) is 2. The Labute approximate surface area is 199 Å². The number of anilines is 1. The van der Waals surface area contributed by atoms with E-state index in [1.807, 2.05) is 4.90 Å². The lowest BCUT2D eigenvalue weighted by Crippen LogP contribution is -2.58. The molecule has 7 nitrogen and oxygen atoms in total. The maximum Gasteiger partial charge on any atom is 0.338 e. The molecule has 0 N–H and O–H groups in total. The van der Waals surface area contributed by atoms with Crippen molar-refractivity contribution >= 4 is 29.4 Å². The molecular weight excluding hydrogens is 432 g/mol. The van der Waals surface area contributed by atoms with E-state index in [4.69, 9.17) is 4.74 Å². The van der Waals surface area contributed by atoms with E-state index in [9.17, 15) is 19.2 Å². The summed E-state index contributed by atoms with van der Waals surface area (Å²) in [6.07, 6.45) is 8.48. The average molecular weight is 465 g/mol. The van der Waals surface area contributed by atoms with E-state index in [0.717, 1.165) is 32.1 Å². The molecule has 7 heteroatoms. The summed E-state index contributed by atoms with van der Waals surface area (Å²) in [6, 6.07) is 5.71. The first-order chi connectivity index (χ1) is 16.4. The standard InChI is InChI=1S/C27H32N2O5/c1-2-34-25(32)19-3-5-21(6-4-19)29-23(30)12-22(24(29)31)28(20-7-8-20)26(33)27-13-16-9-17(14-27)11-18(10-16)15-27/h3-6,16-18,20,22H,2,7-15H2,1H3. The Morgan fingerprint density at radius 1 is 1.00 bits per heavy atom. The van der Waals surface area contributed by atoms with Crippen molar-refractivity contribution in [2.24, 2.45) is 23.2 Å². The lowest BCUT2D eigenvalue weighted by atomic mass is 9.49. The number of benzene rings is 1. The van der Waals surface area contributed by atoms with E-state index in [2.05, 4.69) is 0 Å². The molecule has 180 valence electrons. The summed E-state index contributed by atoms with van der Waals surface area (Å²) in [5, 5.41) is 0. The van der Waals surface area contributed by atoms with Crippen molar-refractivity contribution < 1.29 is 23.9 Å². The topological polar surface area (TPSA) is 84.0 Å². The van der Waals surface area contributed by atoms with Crippen LogP contribution in [0.5, 0.6) is 0 Å². The highest BCUT2D eigenvalue weighted by molar-refractivity contribution is 6.23. The molecule has 1 aromatic rings. The average Bonchev–Trinajstić information content (AvgIpc) is 3.59. The van der Waals surface area contributed by atoms with Crippen LogP contribution in [0.3, 0.4) is 0 Å². The Bertz CT molecular complexity index is 1010. The van der Waals surface area contributed by atoms with Crippen LogP contribution in [-0.2, 0) is 19.1 Å². The molecule has 5 aliphatic carbocycles. The maximum absolute atomic E-state index is 14.1. The number of imide groups is 1. The predicted octanol–water partition coefficient (Wildman–Crippen LogP) is 3.70. The van der Waals surface area contributed by atoms with Crippen molar-refractivity contribution in [2.75, 3.05) is 11.5 Å². The van der Waals surface area contributed by atoms with Gasteiger partial charge >= 0.3 is 5.97 Å². The van der Waals surface area contributed by atoms with E-state index in [-0.39, 0.29) is 42.2 Å². The van der Waals surface area contributed by atoms with Crippen LogP contribution in [0, 0.1) is 23.2 Å². The van der Waals surface area contributed by atoms with Crippen LogP contribution in [0.2, 0.25) is 0 Å². The largest absolute Gasteiger partial charge is 0.462 e. The molecule has 1 aromatic carbocycles. The molecule has 0 radical (unpaired) electrons. The quantitative estimate of drug-likeness (QED) is 0.473. The van der Waals surface area contributed by atoms with Crippen molar-refractivity contribution in [1.82, 2.24) is 4.90 Å². The van der Waals surface area contributed by atoms with Gasteiger partial charge in [-0.25, -0.2) is 9.69 Å². The Morgan fingerprint density at radius 2 is 1.59 bits per heavy atom. The zero-order valence-corrected chi connectivity index (χ0v) is 19.7. The third kappa shape index (κ3) is 3.46. The van der Waals surface area contributed by atoms with Crippen molar-refractivity contribution in [1.29, 1.82) is 0 Å². The first kappa shape index (κ1) is 21.8. The van der Waals surface area contributed by atoms with Crippen LogP contribution in [0.4, 0.5) is 5.69 Å². The van der Waals surface area contributed by atoms with Crippen LogP contribution in [-0.4, -0.2) is 47.3 Å². The van der Waals surface area contributed by atoms with Gasteiger partial charge in [-0.2, -0.15) is 0 Å². The molecule has 4 bridgehead atoms. The zero-order valence-electron chi connectivity index (χ0n) is 19.7. The minimum atomic E-state index is -0.717. The highest BCUT2D eigenvalue weighted by atomic mass is 16.5. The van der Waals surface area contributed by atoms with Crippen LogP contribution >= 0.6 is 0 Å². The summed E-state index contributed by atoms with van der Waals surface area (Å²) in [5.74, 6) is 1.03. The van der Waals surface area contributed by atoms with Gasteiger partial charge in [-0.1, -0.05) is 0 Å². The molecule has 0 spiro atoms.